The highest BCUT2D eigenvalue weighted by molar-refractivity contribution is 7.80. The predicted molar refractivity (Wildman–Crippen MR) is 121 cm³/mol. The molecule has 0 aliphatic carbocycles. The Balaban J connectivity index is 1.42. The van der Waals surface area contributed by atoms with Crippen molar-refractivity contribution in [3.05, 3.63) is 90.2 Å². The third-order valence-corrected chi connectivity index (χ3v) is 4.81. The summed E-state index contributed by atoms with van der Waals surface area (Å²) < 4.78 is 5.44. The van der Waals surface area contributed by atoms with Gasteiger partial charge in [0.2, 0.25) is 0 Å². The van der Waals surface area contributed by atoms with Crippen LogP contribution in [0.25, 0.3) is 22.4 Å². The highest BCUT2D eigenvalue weighted by atomic mass is 32.1. The van der Waals surface area contributed by atoms with Gasteiger partial charge in [-0.1, -0.05) is 48.5 Å². The van der Waals surface area contributed by atoms with E-state index in [4.69, 9.17) is 16.6 Å². The van der Waals surface area contributed by atoms with Gasteiger partial charge in [0.1, 0.15) is 5.69 Å². The van der Waals surface area contributed by atoms with E-state index in [0.717, 1.165) is 11.8 Å². The number of thiocarbonyl (C=S) groups is 1. The molecule has 0 unspecified atom stereocenters. The molecule has 7 heteroatoms. The van der Waals surface area contributed by atoms with Crippen LogP contribution in [0.2, 0.25) is 0 Å². The van der Waals surface area contributed by atoms with Crippen LogP contribution in [0.15, 0.2) is 83.5 Å². The van der Waals surface area contributed by atoms with Crippen LogP contribution < -0.4 is 16.2 Å². The fourth-order valence-corrected chi connectivity index (χ4v) is 3.26. The van der Waals surface area contributed by atoms with E-state index < -0.39 is 0 Å². The zero-order chi connectivity index (χ0) is 20.8. The predicted octanol–water partition coefficient (Wildman–Crippen LogP) is 3.85. The molecule has 0 bridgehead atoms. The van der Waals surface area contributed by atoms with Crippen LogP contribution in [0.5, 0.6) is 0 Å². The number of furan rings is 1. The summed E-state index contributed by atoms with van der Waals surface area (Å²) in [7, 11) is 0. The lowest BCUT2D eigenvalue weighted by Crippen LogP contribution is -2.47. The molecule has 0 fully saturated rings. The van der Waals surface area contributed by atoms with Crippen molar-refractivity contribution in [1.82, 2.24) is 21.2 Å². The molecule has 0 spiro atoms. The Morgan fingerprint density at radius 1 is 0.967 bits per heavy atom. The molecule has 0 atom stereocenters. The minimum Gasteiger partial charge on any atom is -0.463 e. The number of aromatic nitrogens is 1. The number of para-hydroxylation sites is 1. The maximum atomic E-state index is 12.9. The van der Waals surface area contributed by atoms with Crippen LogP contribution in [0.4, 0.5) is 0 Å². The Bertz CT molecular complexity index is 1160. The molecule has 150 valence electrons. The van der Waals surface area contributed by atoms with Crippen LogP contribution >= 0.6 is 12.2 Å². The molecule has 0 aliphatic rings. The zero-order valence-corrected chi connectivity index (χ0v) is 16.9. The van der Waals surface area contributed by atoms with Gasteiger partial charge >= 0.3 is 0 Å². The summed E-state index contributed by atoms with van der Waals surface area (Å²) in [5.74, 6) is 0.287. The Kier molecular flexibility index (Phi) is 6.01. The molecule has 3 N–H and O–H groups in total. The molecule has 2 aromatic carbocycles. The number of carbonyl (C=O) groups is 1. The molecule has 0 saturated heterocycles. The maximum Gasteiger partial charge on any atom is 0.270 e. The fraction of sp³-hybridized carbons (Fsp3) is 0.0870. The first kappa shape index (κ1) is 19.6. The molecule has 0 radical (unpaired) electrons. The quantitative estimate of drug-likeness (QED) is 0.339. The monoisotopic (exact) mass is 416 g/mol. The molecule has 2 heterocycles. The normalized spacial score (nSPS) is 10.5. The van der Waals surface area contributed by atoms with Crippen LogP contribution in [0.3, 0.4) is 0 Å². The number of hydrogen-bond acceptors (Lipinski definition) is 4. The van der Waals surface area contributed by atoms with E-state index in [0.29, 0.717) is 34.2 Å². The van der Waals surface area contributed by atoms with Crippen LogP contribution in [0, 0.1) is 0 Å². The standard InChI is InChI=1S/C23H20N4O2S/c28-22(26-27-23(30)24-13-12-16-7-2-1-3-8-16)18-15-20(21-11-6-14-29-21)25-19-10-5-4-9-17(18)19/h1-11,14-15H,12-13H2,(H,26,28)(H2,24,27,30). The summed E-state index contributed by atoms with van der Waals surface area (Å²) in [6.45, 7) is 0.659. The van der Waals surface area contributed by atoms with Crippen molar-refractivity contribution in [2.45, 2.75) is 6.42 Å². The molecule has 0 saturated carbocycles. The summed E-state index contributed by atoms with van der Waals surface area (Å²) in [5, 5.41) is 4.18. The molecule has 1 amide bonds. The van der Waals surface area contributed by atoms with Gasteiger partial charge in [0.25, 0.3) is 5.91 Å². The van der Waals surface area contributed by atoms with Gasteiger partial charge in [-0.2, -0.15) is 0 Å². The van der Waals surface area contributed by atoms with Gasteiger partial charge in [0.15, 0.2) is 10.9 Å². The van der Waals surface area contributed by atoms with Crippen molar-refractivity contribution in [3.8, 4) is 11.5 Å². The van der Waals surface area contributed by atoms with Gasteiger partial charge in [0.05, 0.1) is 17.3 Å². The molecule has 4 rings (SSSR count). The summed E-state index contributed by atoms with van der Waals surface area (Å²) >= 11 is 5.26. The molecule has 0 aliphatic heterocycles. The van der Waals surface area contributed by atoms with Gasteiger partial charge in [-0.05, 0) is 48.5 Å². The highest BCUT2D eigenvalue weighted by Gasteiger charge is 2.15. The number of hydrazine groups is 1. The highest BCUT2D eigenvalue weighted by Crippen LogP contribution is 2.25. The number of amides is 1. The summed E-state index contributed by atoms with van der Waals surface area (Å²) in [5.41, 5.74) is 8.41. The smallest absolute Gasteiger partial charge is 0.270 e. The number of pyridine rings is 1. The van der Waals surface area contributed by atoms with Crippen LogP contribution in [0.1, 0.15) is 15.9 Å². The van der Waals surface area contributed by atoms with Crippen LogP contribution in [-0.4, -0.2) is 22.5 Å². The third kappa shape index (κ3) is 4.64. The second-order valence-electron chi connectivity index (χ2n) is 6.62. The van der Waals surface area contributed by atoms with Crippen molar-refractivity contribution in [3.63, 3.8) is 0 Å². The summed E-state index contributed by atoms with van der Waals surface area (Å²) in [6.07, 6.45) is 2.41. The lowest BCUT2D eigenvalue weighted by molar-refractivity contribution is 0.0945. The number of carbonyl (C=O) groups excluding carboxylic acids is 1. The van der Waals surface area contributed by atoms with Gasteiger partial charge in [0, 0.05) is 11.9 Å². The van der Waals surface area contributed by atoms with Crippen molar-refractivity contribution in [2.24, 2.45) is 0 Å². The van der Waals surface area contributed by atoms with E-state index in [1.807, 2.05) is 48.5 Å². The topological polar surface area (TPSA) is 79.2 Å². The number of hydrogen-bond donors (Lipinski definition) is 3. The number of nitrogens with one attached hydrogen (secondary N) is 3. The number of nitrogens with zero attached hydrogens (tertiary/aromatic N) is 1. The molecule has 4 aromatic rings. The lowest BCUT2D eigenvalue weighted by atomic mass is 10.1. The average molecular weight is 417 g/mol. The SMILES string of the molecule is O=C(NNC(=S)NCCc1ccccc1)c1cc(-c2ccco2)nc2ccccc12. The van der Waals surface area contributed by atoms with Gasteiger partial charge in [-0.15, -0.1) is 0 Å². The Labute approximate surface area is 179 Å². The van der Waals surface area contributed by atoms with Gasteiger partial charge in [-0.25, -0.2) is 4.98 Å². The van der Waals surface area contributed by atoms with Crippen molar-refractivity contribution in [2.75, 3.05) is 6.54 Å². The van der Waals surface area contributed by atoms with E-state index >= 15 is 0 Å². The van der Waals surface area contributed by atoms with E-state index in [-0.39, 0.29) is 5.91 Å². The van der Waals surface area contributed by atoms with Gasteiger partial charge < -0.3 is 9.73 Å². The van der Waals surface area contributed by atoms with E-state index in [9.17, 15) is 4.79 Å². The van der Waals surface area contributed by atoms with E-state index in [2.05, 4.69) is 33.3 Å². The maximum absolute atomic E-state index is 12.9. The first-order valence-electron chi connectivity index (χ1n) is 9.52. The van der Waals surface area contributed by atoms with Crippen molar-refractivity contribution in [1.29, 1.82) is 0 Å². The Hall–Kier alpha value is -3.71. The molecule has 6 nitrogen and oxygen atoms in total. The molecular weight excluding hydrogens is 396 g/mol. The van der Waals surface area contributed by atoms with E-state index in [1.54, 1.807) is 18.4 Å². The largest absolute Gasteiger partial charge is 0.463 e. The minimum absolute atomic E-state index is 0.311. The summed E-state index contributed by atoms with van der Waals surface area (Å²) in [4.78, 5) is 17.5. The Morgan fingerprint density at radius 3 is 2.57 bits per heavy atom. The second kappa shape index (κ2) is 9.19. The third-order valence-electron chi connectivity index (χ3n) is 4.57. The number of fused-ring (bicyclic) bond motifs is 1. The van der Waals surface area contributed by atoms with Crippen molar-refractivity contribution >= 4 is 34.1 Å². The average Bonchev–Trinajstić information content (AvgIpc) is 3.32. The zero-order valence-electron chi connectivity index (χ0n) is 16.1. The van der Waals surface area contributed by atoms with Crippen LogP contribution in [-0.2, 0) is 6.42 Å². The van der Waals surface area contributed by atoms with E-state index in [1.165, 1.54) is 5.56 Å². The van der Waals surface area contributed by atoms with Crippen molar-refractivity contribution < 1.29 is 9.21 Å². The molecular formula is C23H20N4O2S. The summed E-state index contributed by atoms with van der Waals surface area (Å²) in [6, 6.07) is 22.9. The lowest BCUT2D eigenvalue weighted by Gasteiger charge is -2.13. The number of rotatable bonds is 5. The first-order valence-corrected chi connectivity index (χ1v) is 9.93. The second-order valence-corrected chi connectivity index (χ2v) is 7.03. The Morgan fingerprint density at radius 2 is 1.77 bits per heavy atom. The van der Waals surface area contributed by atoms with Gasteiger partial charge in [-0.3, -0.25) is 15.6 Å². The molecule has 2 aromatic heterocycles. The molecule has 30 heavy (non-hydrogen) atoms. The first-order chi connectivity index (χ1) is 14.7. The number of benzene rings is 2. The minimum atomic E-state index is -0.311. The fourth-order valence-electron chi connectivity index (χ4n) is 3.10.